The van der Waals surface area contributed by atoms with Crippen molar-refractivity contribution in [3.05, 3.63) is 21.9 Å². The number of carboxylic acid groups (broad SMARTS) is 1. The predicted molar refractivity (Wildman–Crippen MR) is 46.0 cm³/mol. The van der Waals surface area contributed by atoms with Crippen molar-refractivity contribution in [2.24, 2.45) is 0 Å². The maximum absolute atomic E-state index is 10.6. The molecule has 0 spiro atoms. The number of hydrogen-bond acceptors (Lipinski definition) is 4. The van der Waals surface area contributed by atoms with Crippen molar-refractivity contribution in [2.75, 3.05) is 0 Å². The topological polar surface area (TPSA) is 98.3 Å². The number of aryl methyl sites for hydroxylation is 1. The smallest absolute Gasteiger partial charge is 0.392 e. The summed E-state index contributed by atoms with van der Waals surface area (Å²) in [7, 11) is 0. The summed E-state index contributed by atoms with van der Waals surface area (Å²) in [5.74, 6) is -1.39. The molecule has 0 saturated heterocycles. The van der Waals surface area contributed by atoms with Crippen molar-refractivity contribution >= 4 is 11.8 Å². The molecule has 0 bridgehead atoms. The second kappa shape index (κ2) is 3.44. The van der Waals surface area contributed by atoms with Crippen LogP contribution in [0.1, 0.15) is 18.5 Å². The first-order valence-electron chi connectivity index (χ1n) is 3.86. The summed E-state index contributed by atoms with van der Waals surface area (Å²) < 4.78 is 1.07. The van der Waals surface area contributed by atoms with Crippen LogP contribution in [-0.4, -0.2) is 25.8 Å². The van der Waals surface area contributed by atoms with Crippen molar-refractivity contribution in [2.45, 2.75) is 19.9 Å². The van der Waals surface area contributed by atoms with Crippen molar-refractivity contribution in [3.63, 3.8) is 0 Å². The molecule has 14 heavy (non-hydrogen) atoms. The molecule has 0 aliphatic rings. The molecule has 1 atom stereocenters. The summed E-state index contributed by atoms with van der Waals surface area (Å²) in [6.45, 7) is 2.91. The van der Waals surface area contributed by atoms with Gasteiger partial charge in [-0.1, -0.05) is 0 Å². The van der Waals surface area contributed by atoms with Crippen LogP contribution in [0.5, 0.6) is 0 Å². The third-order valence-electron chi connectivity index (χ3n) is 1.82. The third kappa shape index (κ3) is 1.70. The van der Waals surface area contributed by atoms with Gasteiger partial charge < -0.3 is 15.2 Å². The molecule has 7 nitrogen and oxygen atoms in total. The van der Waals surface area contributed by atoms with Gasteiger partial charge in [0.1, 0.15) is 0 Å². The second-order valence-electron chi connectivity index (χ2n) is 2.89. The fraction of sp³-hybridized carbons (Fsp3) is 0.429. The van der Waals surface area contributed by atoms with E-state index in [0.29, 0.717) is 5.56 Å². The summed E-state index contributed by atoms with van der Waals surface area (Å²) >= 11 is 0. The van der Waals surface area contributed by atoms with Crippen LogP contribution >= 0.6 is 0 Å². The molecule has 1 aromatic heterocycles. The van der Waals surface area contributed by atoms with Crippen molar-refractivity contribution < 1.29 is 14.8 Å². The van der Waals surface area contributed by atoms with Crippen LogP contribution in [0.15, 0.2) is 6.20 Å². The Morgan fingerprint density at radius 3 is 2.71 bits per heavy atom. The summed E-state index contributed by atoms with van der Waals surface area (Å²) in [4.78, 5) is 20.3. The first kappa shape index (κ1) is 10.2. The van der Waals surface area contributed by atoms with E-state index < -0.39 is 16.9 Å². The number of nitrogens with zero attached hydrogens (tertiary/aromatic N) is 3. The van der Waals surface area contributed by atoms with E-state index in [1.165, 1.54) is 20.0 Å². The fourth-order valence-electron chi connectivity index (χ4n) is 0.965. The Morgan fingerprint density at radius 2 is 2.36 bits per heavy atom. The molecule has 0 aliphatic carbocycles. The molecule has 7 heteroatoms. The van der Waals surface area contributed by atoms with E-state index >= 15 is 0 Å². The molecule has 1 unspecified atom stereocenters. The summed E-state index contributed by atoms with van der Waals surface area (Å²) in [5.41, 5.74) is 0.350. The SMILES string of the molecule is Cc1cn(C(C)C(=O)O)nc1[N+](=O)[O-]. The number of rotatable bonds is 3. The van der Waals surface area contributed by atoms with Crippen molar-refractivity contribution in [3.8, 4) is 0 Å². The molecule has 76 valence electrons. The highest BCUT2D eigenvalue weighted by molar-refractivity contribution is 5.71. The quantitative estimate of drug-likeness (QED) is 0.571. The van der Waals surface area contributed by atoms with Crippen LogP contribution in [0.2, 0.25) is 0 Å². The molecule has 0 saturated carbocycles. The highest BCUT2D eigenvalue weighted by Gasteiger charge is 2.23. The van der Waals surface area contributed by atoms with E-state index in [-0.39, 0.29) is 5.82 Å². The second-order valence-corrected chi connectivity index (χ2v) is 2.89. The fourth-order valence-corrected chi connectivity index (χ4v) is 0.965. The first-order chi connectivity index (χ1) is 6.43. The van der Waals surface area contributed by atoms with Gasteiger partial charge in [-0.25, -0.2) is 4.79 Å². The summed E-state index contributed by atoms with van der Waals surface area (Å²) in [6, 6.07) is -0.901. The lowest BCUT2D eigenvalue weighted by molar-refractivity contribution is -0.390. The molecular formula is C7H9N3O4. The lowest BCUT2D eigenvalue weighted by Crippen LogP contribution is -2.16. The maximum Gasteiger partial charge on any atom is 0.392 e. The highest BCUT2D eigenvalue weighted by atomic mass is 16.6. The normalized spacial score (nSPS) is 12.4. The van der Waals surface area contributed by atoms with Gasteiger partial charge in [0.15, 0.2) is 6.04 Å². The van der Waals surface area contributed by atoms with Gasteiger partial charge in [0.25, 0.3) is 0 Å². The minimum absolute atomic E-state index is 0.307. The Hall–Kier alpha value is -1.92. The molecule has 1 aromatic rings. The number of carbonyl (C=O) groups is 1. The van der Waals surface area contributed by atoms with Gasteiger partial charge in [0, 0.05) is 0 Å². The maximum atomic E-state index is 10.6. The lowest BCUT2D eigenvalue weighted by Gasteiger charge is -1.99. The van der Waals surface area contributed by atoms with Crippen LogP contribution in [0.4, 0.5) is 5.82 Å². The molecule has 0 radical (unpaired) electrons. The van der Waals surface area contributed by atoms with Crippen molar-refractivity contribution in [1.82, 2.24) is 9.78 Å². The van der Waals surface area contributed by atoms with Crippen molar-refractivity contribution in [1.29, 1.82) is 0 Å². The summed E-state index contributed by atoms with van der Waals surface area (Å²) in [6.07, 6.45) is 1.34. The Labute approximate surface area is 79.1 Å². The zero-order valence-corrected chi connectivity index (χ0v) is 7.67. The number of aliphatic carboxylic acids is 1. The van der Waals surface area contributed by atoms with E-state index in [1.807, 2.05) is 0 Å². The van der Waals surface area contributed by atoms with Crippen LogP contribution in [0, 0.1) is 17.0 Å². The number of aromatic nitrogens is 2. The largest absolute Gasteiger partial charge is 0.480 e. The van der Waals surface area contributed by atoms with Gasteiger partial charge in [-0.3, -0.25) is 0 Å². The van der Waals surface area contributed by atoms with Crippen LogP contribution in [-0.2, 0) is 4.79 Å². The zero-order chi connectivity index (χ0) is 10.9. The van der Waals surface area contributed by atoms with E-state index in [1.54, 1.807) is 0 Å². The van der Waals surface area contributed by atoms with E-state index in [4.69, 9.17) is 5.11 Å². The molecule has 1 N–H and O–H groups in total. The number of carboxylic acids is 1. The van der Waals surface area contributed by atoms with Gasteiger partial charge in [-0.05, 0) is 18.8 Å². The molecule has 0 aliphatic heterocycles. The van der Waals surface area contributed by atoms with Gasteiger partial charge in [0.2, 0.25) is 0 Å². The van der Waals surface area contributed by atoms with Crippen LogP contribution in [0.25, 0.3) is 0 Å². The third-order valence-corrected chi connectivity index (χ3v) is 1.82. The molecule has 1 heterocycles. The Morgan fingerprint density at radius 1 is 1.79 bits per heavy atom. The Balaban J connectivity index is 3.08. The molecule has 0 fully saturated rings. The molecule has 0 aromatic carbocycles. The van der Waals surface area contributed by atoms with E-state index in [0.717, 1.165) is 4.68 Å². The van der Waals surface area contributed by atoms with E-state index in [9.17, 15) is 14.9 Å². The predicted octanol–water partition coefficient (Wildman–Crippen LogP) is 0.745. The average molecular weight is 199 g/mol. The number of hydrogen-bond donors (Lipinski definition) is 1. The lowest BCUT2D eigenvalue weighted by atomic mass is 10.3. The van der Waals surface area contributed by atoms with E-state index in [2.05, 4.69) is 5.10 Å². The minimum atomic E-state index is -1.08. The molecular weight excluding hydrogens is 190 g/mol. The van der Waals surface area contributed by atoms with Crippen LogP contribution < -0.4 is 0 Å². The van der Waals surface area contributed by atoms with Crippen LogP contribution in [0.3, 0.4) is 0 Å². The standard InChI is InChI=1S/C7H9N3O4/c1-4-3-9(5(2)7(11)12)8-6(4)10(13)14/h3,5H,1-2H3,(H,11,12). The monoisotopic (exact) mass is 199 g/mol. The van der Waals surface area contributed by atoms with Gasteiger partial charge in [0.05, 0.1) is 16.9 Å². The number of nitro groups is 1. The Kier molecular flexibility index (Phi) is 2.50. The van der Waals surface area contributed by atoms with Gasteiger partial charge in [-0.2, -0.15) is 4.68 Å². The minimum Gasteiger partial charge on any atom is -0.480 e. The van der Waals surface area contributed by atoms with Gasteiger partial charge in [-0.15, -0.1) is 0 Å². The van der Waals surface area contributed by atoms with Gasteiger partial charge >= 0.3 is 11.8 Å². The first-order valence-corrected chi connectivity index (χ1v) is 3.86. The Bertz CT molecular complexity index is 384. The molecule has 0 amide bonds. The average Bonchev–Trinajstić information content (AvgIpc) is 2.45. The summed E-state index contributed by atoms with van der Waals surface area (Å²) in [5, 5.41) is 22.6. The molecule has 1 rings (SSSR count). The highest BCUT2D eigenvalue weighted by Crippen LogP contribution is 2.16. The zero-order valence-electron chi connectivity index (χ0n) is 7.67.